The fourth-order valence-electron chi connectivity index (χ4n) is 2.73. The fourth-order valence-corrected chi connectivity index (χ4v) is 2.73. The Morgan fingerprint density at radius 2 is 1.87 bits per heavy atom. The van der Waals surface area contributed by atoms with Gasteiger partial charge in [-0.1, -0.05) is 12.1 Å². The van der Waals surface area contributed by atoms with Crippen molar-refractivity contribution in [3.05, 3.63) is 65.6 Å². The number of nitrogens with two attached hydrogens (primary N) is 1. The minimum Gasteiger partial charge on any atom is -0.489 e. The van der Waals surface area contributed by atoms with Gasteiger partial charge in [0.15, 0.2) is 0 Å². The van der Waals surface area contributed by atoms with Crippen LogP contribution in [0.3, 0.4) is 0 Å². The molecular weight excluding hydrogens is 291 g/mol. The van der Waals surface area contributed by atoms with E-state index >= 15 is 0 Å². The average Bonchev–Trinajstić information content (AvgIpc) is 2.92. The van der Waals surface area contributed by atoms with E-state index in [1.807, 2.05) is 6.07 Å². The molecule has 0 aliphatic rings. The van der Waals surface area contributed by atoms with Gasteiger partial charge in [-0.15, -0.1) is 0 Å². The lowest BCUT2D eigenvalue weighted by molar-refractivity contribution is 0.306. The second kappa shape index (κ2) is 6.42. The number of hydrogen-bond donors (Lipinski definition) is 1. The van der Waals surface area contributed by atoms with E-state index in [0.717, 1.165) is 16.5 Å². The van der Waals surface area contributed by atoms with Gasteiger partial charge in [-0.2, -0.15) is 0 Å². The predicted octanol–water partition coefficient (Wildman–Crippen LogP) is 4.40. The van der Waals surface area contributed by atoms with Crippen LogP contribution in [-0.2, 0) is 13.2 Å². The van der Waals surface area contributed by atoms with Gasteiger partial charge in [-0.3, -0.25) is 0 Å². The summed E-state index contributed by atoms with van der Waals surface area (Å²) in [7, 11) is 0. The van der Waals surface area contributed by atoms with Gasteiger partial charge in [0.2, 0.25) is 0 Å². The normalized spacial score (nSPS) is 11.3. The minimum atomic E-state index is -0.261. The summed E-state index contributed by atoms with van der Waals surface area (Å²) in [6, 6.07) is 12.7. The summed E-state index contributed by atoms with van der Waals surface area (Å²) in [5, 5.41) is 1.16. The molecule has 23 heavy (non-hydrogen) atoms. The number of benzene rings is 2. The fraction of sp³-hybridized carbons (Fsp3) is 0.263. The van der Waals surface area contributed by atoms with Gasteiger partial charge in [-0.05, 0) is 49.7 Å². The van der Waals surface area contributed by atoms with Crippen molar-refractivity contribution >= 4 is 10.9 Å². The molecule has 0 spiro atoms. The average molecular weight is 312 g/mol. The standard InChI is InChI=1S/C19H21FN2O/c1-13(2)22-11-15(12-23-17-6-4-16(20)5-7-17)18-8-3-14(10-21)9-19(18)22/h3-9,11,13H,10,12,21H2,1-2H3. The zero-order valence-corrected chi connectivity index (χ0v) is 13.4. The summed E-state index contributed by atoms with van der Waals surface area (Å²) in [4.78, 5) is 0. The molecule has 3 rings (SSSR count). The van der Waals surface area contributed by atoms with Gasteiger partial charge in [0.05, 0.1) is 0 Å². The van der Waals surface area contributed by atoms with Crippen LogP contribution >= 0.6 is 0 Å². The number of halogens is 1. The molecule has 0 bridgehead atoms. The van der Waals surface area contributed by atoms with Crippen molar-refractivity contribution in [3.8, 4) is 5.75 Å². The molecule has 0 atom stereocenters. The van der Waals surface area contributed by atoms with Crippen molar-refractivity contribution in [2.45, 2.75) is 33.0 Å². The smallest absolute Gasteiger partial charge is 0.123 e. The summed E-state index contributed by atoms with van der Waals surface area (Å²) in [6.07, 6.45) is 2.12. The monoisotopic (exact) mass is 312 g/mol. The molecule has 0 unspecified atom stereocenters. The van der Waals surface area contributed by atoms with Crippen molar-refractivity contribution in [1.29, 1.82) is 0 Å². The number of rotatable bonds is 5. The zero-order chi connectivity index (χ0) is 16.4. The Labute approximate surface area is 135 Å². The Kier molecular flexibility index (Phi) is 4.35. The van der Waals surface area contributed by atoms with Gasteiger partial charge in [-0.25, -0.2) is 4.39 Å². The van der Waals surface area contributed by atoms with Gasteiger partial charge in [0.1, 0.15) is 18.2 Å². The third-order valence-electron chi connectivity index (χ3n) is 3.98. The first-order valence-electron chi connectivity index (χ1n) is 7.79. The first kappa shape index (κ1) is 15.6. The van der Waals surface area contributed by atoms with E-state index in [4.69, 9.17) is 10.5 Å². The van der Waals surface area contributed by atoms with Crippen molar-refractivity contribution in [2.75, 3.05) is 0 Å². The third-order valence-corrected chi connectivity index (χ3v) is 3.98. The maximum Gasteiger partial charge on any atom is 0.123 e. The molecule has 0 aliphatic heterocycles. The second-order valence-electron chi connectivity index (χ2n) is 5.95. The molecule has 3 nitrogen and oxygen atoms in total. The molecule has 0 amide bonds. The maximum absolute atomic E-state index is 13.0. The molecule has 2 N–H and O–H groups in total. The van der Waals surface area contributed by atoms with Gasteiger partial charge in [0, 0.05) is 35.2 Å². The summed E-state index contributed by atoms with van der Waals surface area (Å²) in [5.41, 5.74) is 9.15. The van der Waals surface area contributed by atoms with Crippen molar-refractivity contribution < 1.29 is 9.13 Å². The van der Waals surface area contributed by atoms with E-state index in [9.17, 15) is 4.39 Å². The Morgan fingerprint density at radius 1 is 1.13 bits per heavy atom. The van der Waals surface area contributed by atoms with Crippen molar-refractivity contribution in [1.82, 2.24) is 4.57 Å². The summed E-state index contributed by atoms with van der Waals surface area (Å²) >= 11 is 0. The highest BCUT2D eigenvalue weighted by molar-refractivity contribution is 5.84. The molecule has 0 fully saturated rings. The summed E-state index contributed by atoms with van der Waals surface area (Å²) in [6.45, 7) is 5.28. The molecule has 0 radical (unpaired) electrons. The van der Waals surface area contributed by atoms with Gasteiger partial charge in [0.25, 0.3) is 0 Å². The lowest BCUT2D eigenvalue weighted by Crippen LogP contribution is -2.00. The molecule has 0 saturated carbocycles. The first-order valence-corrected chi connectivity index (χ1v) is 7.79. The van der Waals surface area contributed by atoms with E-state index in [2.05, 4.69) is 36.7 Å². The Hall–Kier alpha value is -2.33. The molecular formula is C19H21FN2O. The zero-order valence-electron chi connectivity index (χ0n) is 13.4. The van der Waals surface area contributed by atoms with Crippen molar-refractivity contribution in [2.24, 2.45) is 5.73 Å². The molecule has 0 aliphatic carbocycles. The second-order valence-corrected chi connectivity index (χ2v) is 5.95. The molecule has 2 aromatic carbocycles. The van der Waals surface area contributed by atoms with Crippen molar-refractivity contribution in [3.63, 3.8) is 0 Å². The lowest BCUT2D eigenvalue weighted by atomic mass is 10.1. The SMILES string of the molecule is CC(C)n1cc(COc2ccc(F)cc2)c2ccc(CN)cc21. The van der Waals surface area contributed by atoms with Gasteiger partial charge >= 0.3 is 0 Å². The Balaban J connectivity index is 1.92. The van der Waals surface area contributed by atoms with Gasteiger partial charge < -0.3 is 15.0 Å². The molecule has 4 heteroatoms. The highest BCUT2D eigenvalue weighted by Gasteiger charge is 2.12. The van der Waals surface area contributed by atoms with E-state index < -0.39 is 0 Å². The van der Waals surface area contributed by atoms with E-state index in [-0.39, 0.29) is 5.82 Å². The van der Waals surface area contributed by atoms with E-state index in [0.29, 0.717) is 24.9 Å². The third kappa shape index (κ3) is 3.22. The summed E-state index contributed by atoms with van der Waals surface area (Å²) < 4.78 is 21.0. The largest absolute Gasteiger partial charge is 0.489 e. The number of fused-ring (bicyclic) bond motifs is 1. The molecule has 1 heterocycles. The van der Waals surface area contributed by atoms with Crippen LogP contribution in [0.25, 0.3) is 10.9 Å². The number of aromatic nitrogens is 1. The van der Waals surface area contributed by atoms with Crippen LogP contribution in [0.4, 0.5) is 4.39 Å². The van der Waals surface area contributed by atoms with Crippen LogP contribution in [0.15, 0.2) is 48.7 Å². The number of hydrogen-bond acceptors (Lipinski definition) is 2. The lowest BCUT2D eigenvalue weighted by Gasteiger charge is -2.09. The van der Waals surface area contributed by atoms with Crippen LogP contribution in [0, 0.1) is 5.82 Å². The van der Waals surface area contributed by atoms with Crippen LogP contribution in [-0.4, -0.2) is 4.57 Å². The predicted molar refractivity (Wildman–Crippen MR) is 90.9 cm³/mol. The molecule has 120 valence electrons. The highest BCUT2D eigenvalue weighted by atomic mass is 19.1. The summed E-state index contributed by atoms with van der Waals surface area (Å²) in [5.74, 6) is 0.401. The molecule has 1 aromatic heterocycles. The number of nitrogens with zero attached hydrogens (tertiary/aromatic N) is 1. The maximum atomic E-state index is 13.0. The highest BCUT2D eigenvalue weighted by Crippen LogP contribution is 2.27. The van der Waals surface area contributed by atoms with Crippen LogP contribution in [0.5, 0.6) is 5.75 Å². The van der Waals surface area contributed by atoms with Crippen LogP contribution in [0.1, 0.15) is 31.0 Å². The molecule has 3 aromatic rings. The Bertz CT molecular complexity index is 806. The first-order chi connectivity index (χ1) is 11.1. The van der Waals surface area contributed by atoms with E-state index in [1.165, 1.54) is 17.6 Å². The minimum absolute atomic E-state index is 0.261. The molecule has 0 saturated heterocycles. The number of ether oxygens (including phenoxy) is 1. The van der Waals surface area contributed by atoms with E-state index in [1.54, 1.807) is 12.1 Å². The Morgan fingerprint density at radius 3 is 2.52 bits per heavy atom. The van der Waals surface area contributed by atoms with Crippen LogP contribution in [0.2, 0.25) is 0 Å². The topological polar surface area (TPSA) is 40.2 Å². The quantitative estimate of drug-likeness (QED) is 0.758. The van der Waals surface area contributed by atoms with Crippen LogP contribution < -0.4 is 10.5 Å².